The van der Waals surface area contributed by atoms with Crippen LogP contribution in [0, 0.1) is 12.8 Å². The molecule has 0 spiro atoms. The number of carbonyl (C=O) groups is 2. The number of likely N-dealkylation sites (tertiary alicyclic amines) is 1. The number of thiophene rings is 1. The minimum absolute atomic E-state index is 0.00316. The second-order valence-corrected chi connectivity index (χ2v) is 7.19. The van der Waals surface area contributed by atoms with E-state index in [9.17, 15) is 9.59 Å². The first-order valence-corrected chi connectivity index (χ1v) is 9.19. The highest BCUT2D eigenvalue weighted by Gasteiger charge is 2.24. The molecule has 1 aliphatic rings. The van der Waals surface area contributed by atoms with Crippen molar-refractivity contribution in [2.45, 2.75) is 19.8 Å². The minimum Gasteiger partial charge on any atom is -0.351 e. The maximum Gasteiger partial charge on any atom is 0.261 e. The summed E-state index contributed by atoms with van der Waals surface area (Å²) in [6, 6.07) is 11.4. The molecule has 2 amide bonds. The summed E-state index contributed by atoms with van der Waals surface area (Å²) in [6.45, 7) is 4.17. The molecule has 1 saturated heterocycles. The molecule has 24 heavy (non-hydrogen) atoms. The molecule has 126 valence electrons. The Hall–Kier alpha value is -2.14. The van der Waals surface area contributed by atoms with E-state index in [0.29, 0.717) is 12.5 Å². The molecule has 0 atom stereocenters. The largest absolute Gasteiger partial charge is 0.351 e. The predicted octanol–water partition coefficient (Wildman–Crippen LogP) is 3.34. The normalized spacial score (nSPS) is 15.3. The Balaban J connectivity index is 1.48. The molecule has 1 aliphatic heterocycles. The van der Waals surface area contributed by atoms with E-state index in [1.165, 1.54) is 11.3 Å². The fourth-order valence-corrected chi connectivity index (χ4v) is 3.70. The number of aryl methyl sites for hydroxylation is 1. The molecule has 3 rings (SSSR count). The van der Waals surface area contributed by atoms with Gasteiger partial charge in [0.25, 0.3) is 11.8 Å². The van der Waals surface area contributed by atoms with Crippen LogP contribution in [0.5, 0.6) is 0 Å². The van der Waals surface area contributed by atoms with Crippen LogP contribution in [0.25, 0.3) is 0 Å². The van der Waals surface area contributed by atoms with Crippen molar-refractivity contribution < 1.29 is 9.59 Å². The van der Waals surface area contributed by atoms with Crippen LogP contribution in [-0.4, -0.2) is 36.3 Å². The Kier molecular flexibility index (Phi) is 5.30. The van der Waals surface area contributed by atoms with Crippen molar-refractivity contribution in [1.29, 1.82) is 0 Å². The van der Waals surface area contributed by atoms with Crippen LogP contribution < -0.4 is 5.32 Å². The van der Waals surface area contributed by atoms with Gasteiger partial charge in [-0.25, -0.2) is 0 Å². The zero-order valence-corrected chi connectivity index (χ0v) is 14.6. The fraction of sp³-hybridized carbons (Fsp3) is 0.368. The van der Waals surface area contributed by atoms with Crippen LogP contribution in [0.2, 0.25) is 0 Å². The van der Waals surface area contributed by atoms with Crippen LogP contribution in [-0.2, 0) is 0 Å². The van der Waals surface area contributed by atoms with Gasteiger partial charge < -0.3 is 10.2 Å². The number of nitrogens with one attached hydrogen (secondary N) is 1. The van der Waals surface area contributed by atoms with Gasteiger partial charge in [-0.1, -0.05) is 24.3 Å². The van der Waals surface area contributed by atoms with Crippen LogP contribution in [0.15, 0.2) is 41.8 Å². The summed E-state index contributed by atoms with van der Waals surface area (Å²) in [4.78, 5) is 27.3. The van der Waals surface area contributed by atoms with Crippen LogP contribution in [0.4, 0.5) is 0 Å². The molecule has 0 bridgehead atoms. The summed E-state index contributed by atoms with van der Waals surface area (Å²) in [5.41, 5.74) is 1.81. The second kappa shape index (κ2) is 7.62. The summed E-state index contributed by atoms with van der Waals surface area (Å²) < 4.78 is 0. The summed E-state index contributed by atoms with van der Waals surface area (Å²) in [5, 5.41) is 4.91. The smallest absolute Gasteiger partial charge is 0.261 e. The molecule has 1 fully saturated rings. The quantitative estimate of drug-likeness (QED) is 0.926. The van der Waals surface area contributed by atoms with Gasteiger partial charge in [-0.15, -0.1) is 11.3 Å². The maximum atomic E-state index is 12.6. The van der Waals surface area contributed by atoms with Crippen molar-refractivity contribution >= 4 is 23.2 Å². The Labute approximate surface area is 146 Å². The molecule has 5 heteroatoms. The fourth-order valence-electron chi connectivity index (χ4n) is 3.06. The number of hydrogen-bond donors (Lipinski definition) is 1. The monoisotopic (exact) mass is 342 g/mol. The van der Waals surface area contributed by atoms with Gasteiger partial charge in [0.05, 0.1) is 4.88 Å². The third kappa shape index (κ3) is 3.85. The van der Waals surface area contributed by atoms with E-state index >= 15 is 0 Å². The Morgan fingerprint density at radius 1 is 1.17 bits per heavy atom. The zero-order valence-electron chi connectivity index (χ0n) is 13.8. The van der Waals surface area contributed by atoms with Gasteiger partial charge in [0.1, 0.15) is 0 Å². The van der Waals surface area contributed by atoms with Crippen LogP contribution >= 0.6 is 11.3 Å². The van der Waals surface area contributed by atoms with Crippen molar-refractivity contribution in [3.8, 4) is 0 Å². The number of benzene rings is 1. The third-order valence-electron chi connectivity index (χ3n) is 4.57. The van der Waals surface area contributed by atoms with E-state index in [1.54, 1.807) is 0 Å². The highest BCUT2D eigenvalue weighted by molar-refractivity contribution is 7.12. The molecule has 4 nitrogen and oxygen atoms in total. The van der Waals surface area contributed by atoms with Crippen molar-refractivity contribution in [1.82, 2.24) is 10.2 Å². The number of hydrogen-bond acceptors (Lipinski definition) is 3. The Bertz CT molecular complexity index is 704. The number of carbonyl (C=O) groups excluding carboxylic acids is 2. The first kappa shape index (κ1) is 16.7. The average molecular weight is 342 g/mol. The van der Waals surface area contributed by atoms with Gasteiger partial charge in [0, 0.05) is 25.2 Å². The van der Waals surface area contributed by atoms with Gasteiger partial charge >= 0.3 is 0 Å². The number of rotatable bonds is 4. The number of piperidine rings is 1. The van der Waals surface area contributed by atoms with E-state index in [4.69, 9.17) is 0 Å². The zero-order chi connectivity index (χ0) is 16.9. The molecule has 0 radical (unpaired) electrons. The lowest BCUT2D eigenvalue weighted by Gasteiger charge is -2.32. The van der Waals surface area contributed by atoms with Crippen molar-refractivity contribution in [3.05, 3.63) is 57.8 Å². The molecule has 2 heterocycles. The molecular weight excluding hydrogens is 320 g/mol. The molecule has 1 aromatic heterocycles. The summed E-state index contributed by atoms with van der Waals surface area (Å²) in [6.07, 6.45) is 1.87. The van der Waals surface area contributed by atoms with Gasteiger partial charge in [0.2, 0.25) is 0 Å². The van der Waals surface area contributed by atoms with Crippen molar-refractivity contribution in [3.63, 3.8) is 0 Å². The first-order chi connectivity index (χ1) is 11.6. The van der Waals surface area contributed by atoms with E-state index in [2.05, 4.69) is 5.32 Å². The van der Waals surface area contributed by atoms with E-state index in [0.717, 1.165) is 41.9 Å². The number of amides is 2. The summed E-state index contributed by atoms with van der Waals surface area (Å²) >= 11 is 1.46. The highest BCUT2D eigenvalue weighted by atomic mass is 32.1. The lowest BCUT2D eigenvalue weighted by atomic mass is 9.96. The van der Waals surface area contributed by atoms with E-state index in [-0.39, 0.29) is 11.8 Å². The van der Waals surface area contributed by atoms with Crippen molar-refractivity contribution in [2.75, 3.05) is 19.6 Å². The van der Waals surface area contributed by atoms with Gasteiger partial charge in [-0.05, 0) is 48.8 Å². The van der Waals surface area contributed by atoms with Crippen LogP contribution in [0.3, 0.4) is 0 Å². The third-order valence-corrected chi connectivity index (χ3v) is 5.44. The van der Waals surface area contributed by atoms with Crippen molar-refractivity contribution in [2.24, 2.45) is 5.92 Å². The average Bonchev–Trinajstić information content (AvgIpc) is 3.15. The lowest BCUT2D eigenvalue weighted by Crippen LogP contribution is -2.41. The highest BCUT2D eigenvalue weighted by Crippen LogP contribution is 2.20. The molecular formula is C19H22N2O2S. The topological polar surface area (TPSA) is 49.4 Å². The summed E-state index contributed by atoms with van der Waals surface area (Å²) in [7, 11) is 0. The number of nitrogens with zero attached hydrogens (tertiary/aromatic N) is 1. The molecule has 0 saturated carbocycles. The molecule has 0 aliphatic carbocycles. The second-order valence-electron chi connectivity index (χ2n) is 6.24. The predicted molar refractivity (Wildman–Crippen MR) is 96.5 cm³/mol. The molecule has 1 aromatic carbocycles. The van der Waals surface area contributed by atoms with Gasteiger partial charge in [0.15, 0.2) is 0 Å². The molecule has 1 N–H and O–H groups in total. The SMILES string of the molecule is Cc1ccccc1C(=O)N1CCC(CNC(=O)c2cccs2)CC1. The minimum atomic E-state index is 0.00316. The van der Waals surface area contributed by atoms with Crippen LogP contribution in [0.1, 0.15) is 38.4 Å². The van der Waals surface area contributed by atoms with E-state index < -0.39 is 0 Å². The first-order valence-electron chi connectivity index (χ1n) is 8.32. The lowest BCUT2D eigenvalue weighted by molar-refractivity contribution is 0.0683. The maximum absolute atomic E-state index is 12.6. The Morgan fingerprint density at radius 3 is 2.58 bits per heavy atom. The summed E-state index contributed by atoms with van der Waals surface area (Å²) in [5.74, 6) is 0.562. The van der Waals surface area contributed by atoms with Gasteiger partial charge in [-0.2, -0.15) is 0 Å². The van der Waals surface area contributed by atoms with Gasteiger partial charge in [-0.3, -0.25) is 9.59 Å². The van der Waals surface area contributed by atoms with E-state index in [1.807, 2.05) is 53.6 Å². The molecule has 0 unspecified atom stereocenters. The standard InChI is InChI=1S/C19H22N2O2S/c1-14-5-2-3-6-16(14)19(23)21-10-8-15(9-11-21)13-20-18(22)17-7-4-12-24-17/h2-7,12,15H,8-11,13H2,1H3,(H,20,22). The Morgan fingerprint density at radius 2 is 1.92 bits per heavy atom. The molecule has 2 aromatic rings.